The van der Waals surface area contributed by atoms with E-state index in [9.17, 15) is 14.7 Å². The molecule has 4 aromatic rings. The molecule has 1 amide bonds. The van der Waals surface area contributed by atoms with E-state index in [1.165, 1.54) is 0 Å². The third kappa shape index (κ3) is 3.71. The van der Waals surface area contributed by atoms with Gasteiger partial charge in [-0.15, -0.1) is 0 Å². The molecule has 0 spiro atoms. The maximum absolute atomic E-state index is 13.3. The van der Waals surface area contributed by atoms with Gasteiger partial charge in [-0.2, -0.15) is 5.26 Å². The number of nitrogens with zero attached hydrogens (tertiary/aromatic N) is 1. The summed E-state index contributed by atoms with van der Waals surface area (Å²) in [5.41, 5.74) is 1.69. The largest absolute Gasteiger partial charge is 0.480 e. The second kappa shape index (κ2) is 8.06. The minimum atomic E-state index is -1.11. The third-order valence-electron chi connectivity index (χ3n) is 5.12. The fourth-order valence-corrected chi connectivity index (χ4v) is 3.64. The van der Waals surface area contributed by atoms with Crippen molar-refractivity contribution in [3.05, 3.63) is 95.6 Å². The van der Waals surface area contributed by atoms with E-state index in [1.54, 1.807) is 24.3 Å². The molecule has 0 saturated carbocycles. The van der Waals surface area contributed by atoms with E-state index in [-0.39, 0.29) is 6.42 Å². The highest BCUT2D eigenvalue weighted by Crippen LogP contribution is 2.28. The second-order valence-corrected chi connectivity index (χ2v) is 7.07. The van der Waals surface area contributed by atoms with Crippen molar-refractivity contribution in [2.24, 2.45) is 0 Å². The number of nitrogens with one attached hydrogen (secondary N) is 1. The van der Waals surface area contributed by atoms with Gasteiger partial charge in [-0.25, -0.2) is 4.79 Å². The first-order chi connectivity index (χ1) is 14.6. The normalized spacial score (nSPS) is 11.7. The molecule has 0 saturated heterocycles. The average Bonchev–Trinajstić information content (AvgIpc) is 2.77. The molecule has 30 heavy (non-hydrogen) atoms. The van der Waals surface area contributed by atoms with Gasteiger partial charge in [-0.3, -0.25) is 4.79 Å². The Balaban J connectivity index is 1.71. The van der Waals surface area contributed by atoms with Crippen molar-refractivity contribution in [2.75, 3.05) is 0 Å². The van der Waals surface area contributed by atoms with Gasteiger partial charge in [-0.05, 0) is 45.3 Å². The lowest BCUT2D eigenvalue weighted by molar-refractivity contribution is -0.139. The number of hydrogen-bond acceptors (Lipinski definition) is 3. The number of nitriles is 1. The lowest BCUT2D eigenvalue weighted by Gasteiger charge is -2.17. The van der Waals surface area contributed by atoms with Crippen LogP contribution in [0.4, 0.5) is 0 Å². The van der Waals surface area contributed by atoms with Gasteiger partial charge < -0.3 is 10.4 Å². The number of carbonyl (C=O) groups excluding carboxylic acids is 1. The van der Waals surface area contributed by atoms with E-state index in [2.05, 4.69) is 5.32 Å². The highest BCUT2D eigenvalue weighted by Gasteiger charge is 2.23. The van der Waals surface area contributed by atoms with E-state index in [0.29, 0.717) is 11.1 Å². The number of fused-ring (bicyclic) bond motifs is 2. The van der Waals surface area contributed by atoms with Crippen LogP contribution in [0.3, 0.4) is 0 Å². The van der Waals surface area contributed by atoms with Gasteiger partial charge >= 0.3 is 5.97 Å². The van der Waals surface area contributed by atoms with Gasteiger partial charge in [0, 0.05) is 6.42 Å². The maximum Gasteiger partial charge on any atom is 0.326 e. The van der Waals surface area contributed by atoms with E-state index >= 15 is 0 Å². The molecule has 4 aromatic carbocycles. The predicted molar refractivity (Wildman–Crippen MR) is 115 cm³/mol. The van der Waals surface area contributed by atoms with E-state index in [0.717, 1.165) is 27.1 Å². The molecule has 0 aliphatic heterocycles. The molecule has 0 aliphatic carbocycles. The smallest absolute Gasteiger partial charge is 0.326 e. The van der Waals surface area contributed by atoms with Crippen molar-refractivity contribution in [3.8, 4) is 6.07 Å². The summed E-state index contributed by atoms with van der Waals surface area (Å²) in [5, 5.41) is 24.7. The van der Waals surface area contributed by atoms with Gasteiger partial charge in [0.1, 0.15) is 6.04 Å². The highest BCUT2D eigenvalue weighted by molar-refractivity contribution is 6.18. The highest BCUT2D eigenvalue weighted by atomic mass is 16.4. The van der Waals surface area contributed by atoms with Crippen LogP contribution in [-0.4, -0.2) is 23.0 Å². The molecule has 0 heterocycles. The summed E-state index contributed by atoms with van der Waals surface area (Å²) in [6.07, 6.45) is 0.121. The van der Waals surface area contributed by atoms with Crippen LogP contribution < -0.4 is 5.32 Å². The first kappa shape index (κ1) is 19.2. The summed E-state index contributed by atoms with van der Waals surface area (Å²) in [5.74, 6) is -1.54. The molecule has 5 heteroatoms. The Hall–Kier alpha value is -4.17. The van der Waals surface area contributed by atoms with Gasteiger partial charge in [0.2, 0.25) is 0 Å². The van der Waals surface area contributed by atoms with Crippen LogP contribution in [0.15, 0.2) is 78.9 Å². The Morgan fingerprint density at radius 2 is 1.47 bits per heavy atom. The summed E-state index contributed by atoms with van der Waals surface area (Å²) >= 11 is 0. The van der Waals surface area contributed by atoms with Gasteiger partial charge in [0.25, 0.3) is 5.91 Å². The molecule has 0 unspecified atom stereocenters. The van der Waals surface area contributed by atoms with Crippen LogP contribution >= 0.6 is 0 Å². The van der Waals surface area contributed by atoms with Crippen molar-refractivity contribution in [1.82, 2.24) is 5.32 Å². The zero-order valence-electron chi connectivity index (χ0n) is 16.0. The van der Waals surface area contributed by atoms with Crippen molar-refractivity contribution >= 4 is 33.4 Å². The maximum atomic E-state index is 13.3. The molecule has 146 valence electrons. The first-order valence-electron chi connectivity index (χ1n) is 9.50. The topological polar surface area (TPSA) is 90.2 Å². The number of rotatable bonds is 5. The first-order valence-corrected chi connectivity index (χ1v) is 9.50. The fourth-order valence-electron chi connectivity index (χ4n) is 3.64. The fraction of sp³-hybridized carbons (Fsp3) is 0.0800. The Kier molecular flexibility index (Phi) is 5.15. The van der Waals surface area contributed by atoms with Gasteiger partial charge in [0.05, 0.1) is 17.2 Å². The molecule has 0 aromatic heterocycles. The summed E-state index contributed by atoms with van der Waals surface area (Å²) in [4.78, 5) is 25.1. The van der Waals surface area contributed by atoms with Gasteiger partial charge in [0.15, 0.2) is 0 Å². The van der Waals surface area contributed by atoms with Crippen LogP contribution in [-0.2, 0) is 11.2 Å². The summed E-state index contributed by atoms with van der Waals surface area (Å²) in [6, 6.07) is 24.8. The number of benzene rings is 4. The zero-order valence-corrected chi connectivity index (χ0v) is 16.0. The minimum absolute atomic E-state index is 0.121. The number of hydrogen-bond donors (Lipinski definition) is 2. The van der Waals surface area contributed by atoms with E-state index in [4.69, 9.17) is 5.26 Å². The van der Waals surface area contributed by atoms with Gasteiger partial charge in [-0.1, -0.05) is 60.7 Å². The number of carbonyl (C=O) groups is 2. The Bertz CT molecular complexity index is 1250. The van der Waals surface area contributed by atoms with E-state index in [1.807, 2.05) is 60.7 Å². The van der Waals surface area contributed by atoms with Crippen molar-refractivity contribution in [1.29, 1.82) is 5.26 Å². The Morgan fingerprint density at radius 3 is 2.00 bits per heavy atom. The molecule has 5 nitrogen and oxygen atoms in total. The summed E-state index contributed by atoms with van der Waals surface area (Å²) < 4.78 is 0. The number of aliphatic carboxylic acids is 1. The van der Waals surface area contributed by atoms with Crippen LogP contribution in [0.1, 0.15) is 21.5 Å². The molecule has 1 atom stereocenters. The lowest BCUT2D eigenvalue weighted by atomic mass is 9.95. The quantitative estimate of drug-likeness (QED) is 0.494. The van der Waals surface area contributed by atoms with Crippen LogP contribution in [0, 0.1) is 11.3 Å². The number of carboxylic acid groups (broad SMARTS) is 1. The number of carboxylic acids is 1. The van der Waals surface area contributed by atoms with Crippen LogP contribution in [0.25, 0.3) is 21.5 Å². The average molecular weight is 394 g/mol. The number of amides is 1. The second-order valence-electron chi connectivity index (χ2n) is 7.07. The summed E-state index contributed by atoms with van der Waals surface area (Å²) in [6.45, 7) is 0. The standard InChI is InChI=1S/C25H18N2O3/c26-15-17-11-9-16(10-12-17)13-22(25(29)30)27-24(28)23-20-7-3-1-5-18(20)14-19-6-2-4-8-21(19)23/h1-12,14,22H,13H2,(H,27,28)(H,29,30)/t22-/m0/s1. The molecule has 0 radical (unpaired) electrons. The van der Waals surface area contributed by atoms with Crippen molar-refractivity contribution < 1.29 is 14.7 Å². The Labute approximate surface area is 173 Å². The molecule has 0 aliphatic rings. The minimum Gasteiger partial charge on any atom is -0.480 e. The molecular formula is C25H18N2O3. The van der Waals surface area contributed by atoms with Crippen molar-refractivity contribution in [3.63, 3.8) is 0 Å². The van der Waals surface area contributed by atoms with Crippen molar-refractivity contribution in [2.45, 2.75) is 12.5 Å². The van der Waals surface area contributed by atoms with E-state index < -0.39 is 17.9 Å². The lowest BCUT2D eigenvalue weighted by Crippen LogP contribution is -2.42. The Morgan fingerprint density at radius 1 is 0.900 bits per heavy atom. The molecule has 0 fully saturated rings. The molecular weight excluding hydrogens is 376 g/mol. The third-order valence-corrected chi connectivity index (χ3v) is 5.12. The SMILES string of the molecule is N#Cc1ccc(C[C@H](NC(=O)c2c3ccccc3cc3ccccc23)C(=O)O)cc1. The molecule has 4 rings (SSSR count). The summed E-state index contributed by atoms with van der Waals surface area (Å²) in [7, 11) is 0. The van der Waals surface area contributed by atoms with Crippen LogP contribution in [0.2, 0.25) is 0 Å². The molecule has 2 N–H and O–H groups in total. The monoisotopic (exact) mass is 394 g/mol. The molecule has 0 bridgehead atoms. The predicted octanol–water partition coefficient (Wildman–Crippen LogP) is 4.29. The zero-order chi connectivity index (χ0) is 21.1. The van der Waals surface area contributed by atoms with Crippen LogP contribution in [0.5, 0.6) is 0 Å².